The van der Waals surface area contributed by atoms with Crippen LogP contribution in [0.15, 0.2) is 42.5 Å². The predicted molar refractivity (Wildman–Crippen MR) is 103 cm³/mol. The van der Waals surface area contributed by atoms with Crippen molar-refractivity contribution in [3.8, 4) is 11.5 Å². The van der Waals surface area contributed by atoms with Gasteiger partial charge in [0.2, 0.25) is 5.78 Å². The molecule has 0 atom stereocenters. The molecule has 0 unspecified atom stereocenters. The van der Waals surface area contributed by atoms with E-state index in [-0.39, 0.29) is 16.6 Å². The Morgan fingerprint density at radius 3 is 2.12 bits per heavy atom. The highest BCUT2D eigenvalue weighted by Gasteiger charge is 2.24. The molecule has 1 N–H and O–H groups in total. The van der Waals surface area contributed by atoms with Gasteiger partial charge in [-0.2, -0.15) is 0 Å². The SMILES string of the molecule is CC(C)(C)c1ccc(Oc2ccccc2C(=O)C=N)c(C(C)(C)C)c1. The van der Waals surface area contributed by atoms with Crippen LogP contribution < -0.4 is 4.74 Å². The molecule has 0 saturated heterocycles. The van der Waals surface area contributed by atoms with Crippen molar-refractivity contribution in [2.24, 2.45) is 0 Å². The Balaban J connectivity index is 2.54. The van der Waals surface area contributed by atoms with E-state index in [9.17, 15) is 4.79 Å². The van der Waals surface area contributed by atoms with Crippen molar-refractivity contribution in [1.82, 2.24) is 0 Å². The monoisotopic (exact) mass is 337 g/mol. The summed E-state index contributed by atoms with van der Waals surface area (Å²) in [5.41, 5.74) is 2.69. The van der Waals surface area contributed by atoms with E-state index in [1.807, 2.05) is 12.1 Å². The quantitative estimate of drug-likeness (QED) is 0.557. The first-order chi connectivity index (χ1) is 11.5. The Hall–Kier alpha value is -2.42. The number of rotatable bonds is 4. The number of hydrogen-bond donors (Lipinski definition) is 1. The number of carbonyl (C=O) groups excluding carboxylic acids is 1. The first kappa shape index (κ1) is 18.9. The van der Waals surface area contributed by atoms with Crippen molar-refractivity contribution in [3.63, 3.8) is 0 Å². The van der Waals surface area contributed by atoms with Gasteiger partial charge < -0.3 is 10.1 Å². The molecule has 0 aromatic heterocycles. The van der Waals surface area contributed by atoms with Gasteiger partial charge in [0.1, 0.15) is 11.5 Å². The summed E-state index contributed by atoms with van der Waals surface area (Å²) in [4.78, 5) is 12.0. The zero-order valence-electron chi connectivity index (χ0n) is 15.9. The minimum atomic E-state index is -0.362. The highest BCUT2D eigenvalue weighted by atomic mass is 16.5. The molecule has 0 aliphatic rings. The van der Waals surface area contributed by atoms with Crippen LogP contribution in [-0.2, 0) is 10.8 Å². The Bertz CT molecular complexity index is 792. The molecule has 3 nitrogen and oxygen atoms in total. The third-order valence-electron chi connectivity index (χ3n) is 4.16. The summed E-state index contributed by atoms with van der Waals surface area (Å²) in [7, 11) is 0. The Labute approximate surface area is 150 Å². The van der Waals surface area contributed by atoms with Crippen molar-refractivity contribution in [1.29, 1.82) is 5.41 Å². The van der Waals surface area contributed by atoms with Crippen LogP contribution in [0.3, 0.4) is 0 Å². The third-order valence-corrected chi connectivity index (χ3v) is 4.16. The van der Waals surface area contributed by atoms with Crippen LogP contribution in [0.4, 0.5) is 0 Å². The fourth-order valence-corrected chi connectivity index (χ4v) is 2.63. The molecule has 0 saturated carbocycles. The van der Waals surface area contributed by atoms with Crippen LogP contribution in [0.1, 0.15) is 63.0 Å². The Morgan fingerprint density at radius 1 is 0.920 bits per heavy atom. The third kappa shape index (κ3) is 4.36. The summed E-state index contributed by atoms with van der Waals surface area (Å²) in [5.74, 6) is 0.856. The molecule has 0 aliphatic carbocycles. The van der Waals surface area contributed by atoms with Crippen molar-refractivity contribution in [3.05, 3.63) is 59.2 Å². The summed E-state index contributed by atoms with van der Waals surface area (Å²) in [6.07, 6.45) is 0.815. The molecule has 2 aromatic rings. The maximum absolute atomic E-state index is 12.0. The molecule has 132 valence electrons. The van der Waals surface area contributed by atoms with E-state index < -0.39 is 0 Å². The Kier molecular flexibility index (Phi) is 5.17. The fourth-order valence-electron chi connectivity index (χ4n) is 2.63. The summed E-state index contributed by atoms with van der Waals surface area (Å²) in [6, 6.07) is 13.3. The number of Topliss-reactive ketones (excluding diaryl/α,β-unsaturated/α-hetero) is 1. The van der Waals surface area contributed by atoms with E-state index in [4.69, 9.17) is 10.1 Å². The predicted octanol–water partition coefficient (Wildman–Crippen LogP) is 5.91. The number of hydrogen-bond acceptors (Lipinski definition) is 3. The van der Waals surface area contributed by atoms with Crippen LogP contribution in [0.25, 0.3) is 0 Å². The standard InChI is InChI=1S/C22H27NO2/c1-21(2,3)15-11-12-20(17(13-15)22(4,5)6)25-19-10-8-7-9-16(19)18(24)14-23/h7-14,23H,1-6H3. The van der Waals surface area contributed by atoms with Crippen LogP contribution in [-0.4, -0.2) is 12.0 Å². The second-order valence-corrected chi connectivity index (χ2v) is 8.32. The summed E-state index contributed by atoms with van der Waals surface area (Å²) < 4.78 is 6.13. The number of ether oxygens (including phenoxy) is 1. The topological polar surface area (TPSA) is 50.2 Å². The highest BCUT2D eigenvalue weighted by molar-refractivity contribution is 6.35. The van der Waals surface area contributed by atoms with Crippen LogP contribution in [0, 0.1) is 5.41 Å². The van der Waals surface area contributed by atoms with E-state index >= 15 is 0 Å². The maximum atomic E-state index is 12.0. The van der Waals surface area contributed by atoms with E-state index in [2.05, 4.69) is 53.7 Å². The van der Waals surface area contributed by atoms with Gasteiger partial charge in [-0.1, -0.05) is 65.8 Å². The van der Waals surface area contributed by atoms with Gasteiger partial charge in [-0.25, -0.2) is 0 Å². The van der Waals surface area contributed by atoms with Gasteiger partial charge in [-0.15, -0.1) is 0 Å². The second-order valence-electron chi connectivity index (χ2n) is 8.32. The molecule has 0 bridgehead atoms. The molecule has 3 heteroatoms. The summed E-state index contributed by atoms with van der Waals surface area (Å²) in [5, 5.41) is 7.23. The molecule has 0 aliphatic heterocycles. The normalized spacial score (nSPS) is 11.9. The number of carbonyl (C=O) groups is 1. The minimum absolute atomic E-state index is 0.0482. The first-order valence-corrected chi connectivity index (χ1v) is 8.51. The fraction of sp³-hybridized carbons (Fsp3) is 0.364. The van der Waals surface area contributed by atoms with Gasteiger partial charge in [0, 0.05) is 5.56 Å². The van der Waals surface area contributed by atoms with Crippen molar-refractivity contribution < 1.29 is 9.53 Å². The van der Waals surface area contributed by atoms with Gasteiger partial charge in [0.25, 0.3) is 0 Å². The highest BCUT2D eigenvalue weighted by Crippen LogP contribution is 2.38. The van der Waals surface area contributed by atoms with Crippen molar-refractivity contribution >= 4 is 12.0 Å². The van der Waals surface area contributed by atoms with E-state index in [0.717, 1.165) is 17.5 Å². The van der Waals surface area contributed by atoms with Gasteiger partial charge in [0.15, 0.2) is 0 Å². The van der Waals surface area contributed by atoms with Crippen LogP contribution in [0.2, 0.25) is 0 Å². The first-order valence-electron chi connectivity index (χ1n) is 8.51. The smallest absolute Gasteiger partial charge is 0.207 e. The molecular weight excluding hydrogens is 310 g/mol. The average molecular weight is 337 g/mol. The van der Waals surface area contributed by atoms with Crippen LogP contribution >= 0.6 is 0 Å². The number of benzene rings is 2. The summed E-state index contributed by atoms with van der Waals surface area (Å²) >= 11 is 0. The second kappa shape index (κ2) is 6.83. The van der Waals surface area contributed by atoms with Gasteiger partial charge in [0.05, 0.1) is 11.8 Å². The lowest BCUT2D eigenvalue weighted by molar-refractivity contribution is 0.106. The molecule has 0 amide bonds. The molecule has 2 aromatic carbocycles. The van der Waals surface area contributed by atoms with Crippen molar-refractivity contribution in [2.75, 3.05) is 0 Å². The average Bonchev–Trinajstić information content (AvgIpc) is 2.53. The van der Waals surface area contributed by atoms with Crippen molar-refractivity contribution in [2.45, 2.75) is 52.4 Å². The molecule has 0 radical (unpaired) electrons. The zero-order chi connectivity index (χ0) is 18.8. The lowest BCUT2D eigenvalue weighted by Crippen LogP contribution is -2.17. The number of para-hydroxylation sites is 1. The van der Waals surface area contributed by atoms with Gasteiger partial charge in [-0.05, 0) is 34.6 Å². The molecule has 0 fully saturated rings. The maximum Gasteiger partial charge on any atom is 0.207 e. The lowest BCUT2D eigenvalue weighted by Gasteiger charge is -2.27. The summed E-state index contributed by atoms with van der Waals surface area (Å²) in [6.45, 7) is 13.0. The van der Waals surface area contributed by atoms with E-state index in [0.29, 0.717) is 11.3 Å². The lowest BCUT2D eigenvalue weighted by atomic mass is 9.80. The largest absolute Gasteiger partial charge is 0.456 e. The van der Waals surface area contributed by atoms with Crippen LogP contribution in [0.5, 0.6) is 11.5 Å². The molecular formula is C22H27NO2. The Morgan fingerprint density at radius 2 is 1.56 bits per heavy atom. The van der Waals surface area contributed by atoms with Gasteiger partial charge >= 0.3 is 0 Å². The molecule has 0 spiro atoms. The van der Waals surface area contributed by atoms with E-state index in [1.165, 1.54) is 5.56 Å². The number of nitrogens with one attached hydrogen (secondary N) is 1. The van der Waals surface area contributed by atoms with E-state index in [1.54, 1.807) is 18.2 Å². The molecule has 2 rings (SSSR count). The number of ketones is 1. The zero-order valence-corrected chi connectivity index (χ0v) is 15.9. The molecule has 0 heterocycles. The van der Waals surface area contributed by atoms with Gasteiger partial charge in [-0.3, -0.25) is 4.79 Å². The minimum Gasteiger partial charge on any atom is -0.456 e. The molecule has 25 heavy (non-hydrogen) atoms.